The van der Waals surface area contributed by atoms with Crippen molar-refractivity contribution in [1.82, 2.24) is 0 Å². The van der Waals surface area contributed by atoms with Gasteiger partial charge >= 0.3 is 35.8 Å². The van der Waals surface area contributed by atoms with Crippen LogP contribution in [0.15, 0.2) is 72.8 Å². The van der Waals surface area contributed by atoms with E-state index in [0.717, 1.165) is 50.7 Å². The van der Waals surface area contributed by atoms with E-state index in [4.69, 9.17) is 9.47 Å². The van der Waals surface area contributed by atoms with Crippen LogP contribution in [0.25, 0.3) is 0 Å². The van der Waals surface area contributed by atoms with Gasteiger partial charge in [0.1, 0.15) is 0 Å². The fraction of sp³-hybridized carbons (Fsp3) is 0.385. The van der Waals surface area contributed by atoms with E-state index in [1.165, 1.54) is 11.1 Å². The van der Waals surface area contributed by atoms with Crippen molar-refractivity contribution in [2.24, 2.45) is 0 Å². The molecule has 2 rings (SSSR count). The molecule has 0 aliphatic carbocycles. The van der Waals surface area contributed by atoms with Crippen molar-refractivity contribution < 1.29 is 19.1 Å². The Morgan fingerprint density at radius 1 is 0.677 bits per heavy atom. The van der Waals surface area contributed by atoms with Gasteiger partial charge in [0.15, 0.2) is 0 Å². The molecule has 0 aromatic heterocycles. The number of carbonyl (C=O) groups is 2. The Bertz CT molecular complexity index is 666. The SMILES string of the molecule is CCCCOC(=O)/C=C\C(=O)OCCCC.[SnH2].c1ccc(CCc2ccccc2)cc1. The maximum absolute atomic E-state index is 11.0. The molecule has 0 aliphatic heterocycles. The molecule has 0 saturated heterocycles. The number of unbranched alkanes of at least 4 members (excludes halogenated alkanes) is 2. The van der Waals surface area contributed by atoms with Gasteiger partial charge in [-0.05, 0) is 36.8 Å². The second-order valence-electron chi connectivity index (χ2n) is 6.85. The van der Waals surface area contributed by atoms with E-state index in [0.29, 0.717) is 13.2 Å². The van der Waals surface area contributed by atoms with Crippen LogP contribution < -0.4 is 0 Å². The van der Waals surface area contributed by atoms with Gasteiger partial charge in [0.05, 0.1) is 13.2 Å². The predicted octanol–water partition coefficient (Wildman–Crippen LogP) is 4.78. The van der Waals surface area contributed by atoms with Crippen molar-refractivity contribution in [1.29, 1.82) is 0 Å². The Morgan fingerprint density at radius 2 is 1.03 bits per heavy atom. The zero-order valence-electron chi connectivity index (χ0n) is 18.9. The van der Waals surface area contributed by atoms with E-state index < -0.39 is 11.9 Å². The largest absolute Gasteiger partial charge is 0.0622 e. The summed E-state index contributed by atoms with van der Waals surface area (Å²) in [5, 5.41) is 0. The van der Waals surface area contributed by atoms with Gasteiger partial charge in [-0.15, -0.1) is 0 Å². The predicted molar refractivity (Wildman–Crippen MR) is 130 cm³/mol. The molecule has 0 aliphatic rings. The molecule has 0 spiro atoms. The van der Waals surface area contributed by atoms with Crippen LogP contribution in [-0.2, 0) is 31.9 Å². The third-order valence-corrected chi connectivity index (χ3v) is 4.23. The van der Waals surface area contributed by atoms with Gasteiger partial charge in [0.25, 0.3) is 0 Å². The Morgan fingerprint density at radius 3 is 1.35 bits per heavy atom. The summed E-state index contributed by atoms with van der Waals surface area (Å²) < 4.78 is 9.65. The van der Waals surface area contributed by atoms with E-state index in [1.54, 1.807) is 0 Å². The number of rotatable bonds is 11. The molecule has 31 heavy (non-hydrogen) atoms. The van der Waals surface area contributed by atoms with Gasteiger partial charge in [0, 0.05) is 12.2 Å². The normalized spacial score (nSPS) is 9.87. The summed E-state index contributed by atoms with van der Waals surface area (Å²) >= 11 is 0. The molecule has 168 valence electrons. The molecule has 2 aromatic rings. The molecule has 0 fully saturated rings. The first kappa shape index (κ1) is 28.9. The second kappa shape index (κ2) is 19.9. The number of hydrogen-bond acceptors (Lipinski definition) is 4. The molecule has 5 heteroatoms. The molecule has 0 N–H and O–H groups in total. The maximum atomic E-state index is 11.0. The summed E-state index contributed by atoms with van der Waals surface area (Å²) in [6, 6.07) is 21.2. The fourth-order valence-electron chi connectivity index (χ4n) is 2.44. The van der Waals surface area contributed by atoms with Gasteiger partial charge in [-0.25, -0.2) is 9.59 Å². The van der Waals surface area contributed by atoms with Crippen LogP contribution in [0.5, 0.6) is 0 Å². The monoisotopic (exact) mass is 532 g/mol. The van der Waals surface area contributed by atoms with Crippen molar-refractivity contribution in [3.63, 3.8) is 0 Å². The Balaban J connectivity index is 0.000000565. The number of benzene rings is 2. The zero-order chi connectivity index (χ0) is 21.9. The van der Waals surface area contributed by atoms with Gasteiger partial charge in [-0.1, -0.05) is 87.4 Å². The van der Waals surface area contributed by atoms with Crippen LogP contribution >= 0.6 is 0 Å². The first-order chi connectivity index (χ1) is 14.7. The average molecular weight is 531 g/mol. The summed E-state index contributed by atoms with van der Waals surface area (Å²) in [5.74, 6) is -0.998. The molecule has 0 amide bonds. The summed E-state index contributed by atoms with van der Waals surface area (Å²) in [6.45, 7) is 4.80. The molecule has 2 aromatic carbocycles. The standard InChI is InChI=1S/C14H14.C12H20O4.Sn.2H/c1-3-7-13(8-4-1)11-12-14-9-5-2-6-10-14;1-3-5-9-15-11(13)7-8-12(14)16-10-6-4-2;;;/h1-10H,11-12H2;7-8H,3-6,9-10H2,1-2H3;;;/b;8-7-;;;. The van der Waals surface area contributed by atoms with Crippen molar-refractivity contribution >= 4 is 35.8 Å². The minimum absolute atomic E-state index is 0. The van der Waals surface area contributed by atoms with Gasteiger partial charge in [-0.3, -0.25) is 0 Å². The van der Waals surface area contributed by atoms with E-state index in [9.17, 15) is 9.59 Å². The van der Waals surface area contributed by atoms with Crippen LogP contribution in [-0.4, -0.2) is 49.1 Å². The second-order valence-corrected chi connectivity index (χ2v) is 6.85. The van der Waals surface area contributed by atoms with Gasteiger partial charge < -0.3 is 9.47 Å². The molecule has 0 heterocycles. The Kier molecular flexibility index (Phi) is 18.5. The quantitative estimate of drug-likeness (QED) is 0.181. The molecule has 4 nitrogen and oxygen atoms in total. The molecule has 0 bridgehead atoms. The number of ether oxygens (including phenoxy) is 2. The van der Waals surface area contributed by atoms with Crippen molar-refractivity contribution in [3.8, 4) is 0 Å². The maximum Gasteiger partial charge on any atom is -0.0238 e. The van der Waals surface area contributed by atoms with Crippen molar-refractivity contribution in [2.45, 2.75) is 52.4 Å². The number of aryl methyl sites for hydroxylation is 2. The minimum Gasteiger partial charge on any atom is -0.0622 e. The van der Waals surface area contributed by atoms with Crippen molar-refractivity contribution in [2.75, 3.05) is 13.2 Å². The summed E-state index contributed by atoms with van der Waals surface area (Å²) in [6.07, 6.45) is 8.07. The third-order valence-electron chi connectivity index (χ3n) is 4.23. The summed E-state index contributed by atoms with van der Waals surface area (Å²) in [7, 11) is 0. The third kappa shape index (κ3) is 16.3. The molecule has 0 unspecified atom stereocenters. The number of esters is 2. The van der Waals surface area contributed by atoms with Crippen molar-refractivity contribution in [3.05, 3.63) is 83.9 Å². The zero-order valence-corrected chi connectivity index (χ0v) is 23.0. The van der Waals surface area contributed by atoms with E-state index >= 15 is 0 Å². The fourth-order valence-corrected chi connectivity index (χ4v) is 2.44. The molecule has 2 radical (unpaired) electrons. The first-order valence-corrected chi connectivity index (χ1v) is 10.7. The van der Waals surface area contributed by atoms with Gasteiger partial charge in [-0.2, -0.15) is 0 Å². The van der Waals surface area contributed by atoms with Crippen LogP contribution in [0.4, 0.5) is 0 Å². The van der Waals surface area contributed by atoms with E-state index in [-0.39, 0.29) is 23.9 Å². The summed E-state index contributed by atoms with van der Waals surface area (Å²) in [5.41, 5.74) is 2.83. The molecular formula is C26H36O4Sn. The van der Waals surface area contributed by atoms with Crippen LogP contribution in [0.1, 0.15) is 50.7 Å². The van der Waals surface area contributed by atoms with E-state index in [2.05, 4.69) is 60.7 Å². The molecule has 0 saturated carbocycles. The summed E-state index contributed by atoms with van der Waals surface area (Å²) in [4.78, 5) is 22.1. The topological polar surface area (TPSA) is 52.6 Å². The number of hydrogen-bond donors (Lipinski definition) is 0. The van der Waals surface area contributed by atoms with Gasteiger partial charge in [0.2, 0.25) is 0 Å². The van der Waals surface area contributed by atoms with Crippen LogP contribution in [0.2, 0.25) is 0 Å². The molecule has 0 atom stereocenters. The smallest absolute Gasteiger partial charge is 0.0238 e. The Hall–Kier alpha value is -2.08. The molecular weight excluding hydrogens is 495 g/mol. The van der Waals surface area contributed by atoms with Crippen LogP contribution in [0.3, 0.4) is 0 Å². The minimum atomic E-state index is -0.499. The number of carbonyl (C=O) groups excluding carboxylic acids is 2. The average Bonchev–Trinajstić information content (AvgIpc) is 2.78. The Labute approximate surface area is 204 Å². The van der Waals surface area contributed by atoms with E-state index in [1.807, 2.05) is 13.8 Å². The first-order valence-electron chi connectivity index (χ1n) is 10.7. The van der Waals surface area contributed by atoms with Crippen LogP contribution in [0, 0.1) is 0 Å².